The van der Waals surface area contributed by atoms with E-state index in [-0.39, 0.29) is 11.8 Å². The largest absolute Gasteiger partial charge is 0.497 e. The van der Waals surface area contributed by atoms with E-state index < -0.39 is 4.92 Å². The first-order valence-electron chi connectivity index (χ1n) is 9.11. The summed E-state index contributed by atoms with van der Waals surface area (Å²) in [6.45, 7) is 1.39. The molecule has 0 saturated carbocycles. The van der Waals surface area contributed by atoms with Crippen LogP contribution in [0.4, 0.5) is 5.69 Å². The van der Waals surface area contributed by atoms with Gasteiger partial charge in [-0.15, -0.1) is 10.2 Å². The Kier molecular flexibility index (Phi) is 5.72. The van der Waals surface area contributed by atoms with Gasteiger partial charge in [0.25, 0.3) is 5.69 Å². The predicted octanol–water partition coefficient (Wildman–Crippen LogP) is 3.59. The van der Waals surface area contributed by atoms with Crippen molar-refractivity contribution in [2.24, 2.45) is 0 Å². The summed E-state index contributed by atoms with van der Waals surface area (Å²) >= 11 is 1.32. The van der Waals surface area contributed by atoms with Crippen molar-refractivity contribution in [2.75, 3.05) is 13.7 Å². The van der Waals surface area contributed by atoms with Gasteiger partial charge in [-0.25, -0.2) is 4.98 Å². The summed E-state index contributed by atoms with van der Waals surface area (Å²) in [5.41, 5.74) is 0.869. The lowest BCUT2D eigenvalue weighted by Gasteiger charge is -2.14. The highest BCUT2D eigenvalue weighted by Crippen LogP contribution is 2.31. The van der Waals surface area contributed by atoms with Crippen LogP contribution in [0.15, 0.2) is 52.8 Å². The summed E-state index contributed by atoms with van der Waals surface area (Å²) in [6, 6.07) is 10.7. The smallest absolute Gasteiger partial charge is 0.287 e. The average molecular weight is 413 g/mol. The van der Waals surface area contributed by atoms with Gasteiger partial charge in [0.15, 0.2) is 11.0 Å². The molecule has 0 aliphatic carbocycles. The van der Waals surface area contributed by atoms with Crippen LogP contribution in [-0.4, -0.2) is 44.5 Å². The monoisotopic (exact) mass is 413 g/mol. The van der Waals surface area contributed by atoms with Crippen LogP contribution in [0.1, 0.15) is 12.8 Å². The number of hydrogen-bond acceptors (Lipinski definition) is 8. The zero-order chi connectivity index (χ0) is 20.2. The highest BCUT2D eigenvalue weighted by Gasteiger charge is 2.22. The van der Waals surface area contributed by atoms with Crippen molar-refractivity contribution in [2.45, 2.75) is 35.7 Å². The first-order valence-corrected chi connectivity index (χ1v) is 9.93. The molecule has 9 nitrogen and oxygen atoms in total. The van der Waals surface area contributed by atoms with Gasteiger partial charge < -0.3 is 9.47 Å². The maximum absolute atomic E-state index is 10.8. The topological polar surface area (TPSA) is 105 Å². The zero-order valence-corrected chi connectivity index (χ0v) is 16.5. The van der Waals surface area contributed by atoms with Crippen molar-refractivity contribution in [3.8, 4) is 17.1 Å². The Morgan fingerprint density at radius 2 is 2.10 bits per heavy atom. The number of pyridine rings is 1. The molecule has 0 spiro atoms. The van der Waals surface area contributed by atoms with Crippen LogP contribution in [0.5, 0.6) is 5.75 Å². The van der Waals surface area contributed by atoms with E-state index in [0.717, 1.165) is 36.6 Å². The molecule has 0 unspecified atom stereocenters. The lowest BCUT2D eigenvalue weighted by atomic mass is 10.2. The molecule has 10 heteroatoms. The molecular weight excluding hydrogens is 394 g/mol. The first-order chi connectivity index (χ1) is 14.1. The van der Waals surface area contributed by atoms with E-state index in [9.17, 15) is 10.1 Å². The molecule has 2 aromatic heterocycles. The van der Waals surface area contributed by atoms with Crippen molar-refractivity contribution >= 4 is 17.4 Å². The molecule has 4 rings (SSSR count). The van der Waals surface area contributed by atoms with Gasteiger partial charge in [0.05, 0.1) is 24.7 Å². The summed E-state index contributed by atoms with van der Waals surface area (Å²) < 4.78 is 13.1. The minimum absolute atomic E-state index is 0.0471. The van der Waals surface area contributed by atoms with Gasteiger partial charge in [0.1, 0.15) is 17.0 Å². The van der Waals surface area contributed by atoms with Gasteiger partial charge in [-0.1, -0.05) is 0 Å². The molecule has 0 radical (unpaired) electrons. The van der Waals surface area contributed by atoms with E-state index in [4.69, 9.17) is 9.47 Å². The number of rotatable bonds is 7. The normalized spacial score (nSPS) is 16.1. The summed E-state index contributed by atoms with van der Waals surface area (Å²) in [7, 11) is 1.63. The molecule has 1 atom stereocenters. The Bertz CT molecular complexity index is 985. The molecule has 0 bridgehead atoms. The van der Waals surface area contributed by atoms with Gasteiger partial charge in [-0.2, -0.15) is 0 Å². The fraction of sp³-hybridized carbons (Fsp3) is 0.316. The van der Waals surface area contributed by atoms with Gasteiger partial charge in [-0.05, 0) is 54.9 Å². The van der Waals surface area contributed by atoms with Crippen LogP contribution in [-0.2, 0) is 11.3 Å². The fourth-order valence-corrected chi connectivity index (χ4v) is 3.89. The highest BCUT2D eigenvalue weighted by molar-refractivity contribution is 7.99. The van der Waals surface area contributed by atoms with E-state index in [2.05, 4.69) is 15.2 Å². The highest BCUT2D eigenvalue weighted by atomic mass is 32.2. The number of nitro groups is 1. The van der Waals surface area contributed by atoms with Crippen molar-refractivity contribution in [3.63, 3.8) is 0 Å². The third kappa shape index (κ3) is 4.38. The average Bonchev–Trinajstić information content (AvgIpc) is 3.39. The van der Waals surface area contributed by atoms with Crippen molar-refractivity contribution in [1.29, 1.82) is 0 Å². The second-order valence-electron chi connectivity index (χ2n) is 6.49. The molecule has 0 N–H and O–H groups in total. The van der Waals surface area contributed by atoms with Crippen molar-refractivity contribution < 1.29 is 14.4 Å². The molecule has 150 valence electrons. The Hall–Kier alpha value is -2.98. The van der Waals surface area contributed by atoms with Crippen molar-refractivity contribution in [3.05, 3.63) is 52.7 Å². The molecule has 29 heavy (non-hydrogen) atoms. The summed E-state index contributed by atoms with van der Waals surface area (Å²) in [5.74, 6) is 1.50. The second kappa shape index (κ2) is 8.58. The SMILES string of the molecule is COc1ccc(-c2nnc(Sc3ccc([N+](=O)[O-])cn3)n2C[C@@H]2CCCO2)cc1. The van der Waals surface area contributed by atoms with Crippen LogP contribution in [0.3, 0.4) is 0 Å². The molecule has 1 aromatic carbocycles. The van der Waals surface area contributed by atoms with E-state index in [1.807, 2.05) is 28.8 Å². The number of nitrogens with zero attached hydrogens (tertiary/aromatic N) is 5. The zero-order valence-electron chi connectivity index (χ0n) is 15.7. The standard InChI is InChI=1S/C19H19N5O4S/c1-27-15-7-4-13(5-8-15)18-21-22-19(23(18)12-16-3-2-10-28-16)29-17-9-6-14(11-20-17)24(25)26/h4-9,11,16H,2-3,10,12H2,1H3/t16-/m0/s1. The van der Waals surface area contributed by atoms with E-state index >= 15 is 0 Å². The van der Waals surface area contributed by atoms with Crippen LogP contribution in [0.25, 0.3) is 11.4 Å². The number of hydrogen-bond donors (Lipinski definition) is 0. The van der Waals surface area contributed by atoms with Crippen LogP contribution < -0.4 is 4.74 Å². The third-order valence-corrected chi connectivity index (χ3v) is 5.54. The number of methoxy groups -OCH3 is 1. The Morgan fingerprint density at radius 1 is 1.28 bits per heavy atom. The lowest BCUT2D eigenvalue weighted by molar-refractivity contribution is -0.385. The molecule has 3 aromatic rings. The van der Waals surface area contributed by atoms with Gasteiger partial charge in [-0.3, -0.25) is 14.7 Å². The van der Waals surface area contributed by atoms with Crippen LogP contribution in [0, 0.1) is 10.1 Å². The van der Waals surface area contributed by atoms with Gasteiger partial charge in [0, 0.05) is 18.2 Å². The number of benzene rings is 1. The van der Waals surface area contributed by atoms with Gasteiger partial charge >= 0.3 is 0 Å². The second-order valence-corrected chi connectivity index (χ2v) is 7.48. The molecule has 1 aliphatic rings. The van der Waals surface area contributed by atoms with Crippen LogP contribution >= 0.6 is 11.8 Å². The maximum atomic E-state index is 10.8. The Balaban J connectivity index is 1.64. The molecular formula is C19H19N5O4S. The summed E-state index contributed by atoms with van der Waals surface area (Å²) in [4.78, 5) is 14.5. The third-order valence-electron chi connectivity index (χ3n) is 4.60. The number of aromatic nitrogens is 4. The minimum Gasteiger partial charge on any atom is -0.497 e. The van der Waals surface area contributed by atoms with E-state index in [1.54, 1.807) is 13.2 Å². The Labute approximate surface area is 171 Å². The maximum Gasteiger partial charge on any atom is 0.287 e. The fourth-order valence-electron chi connectivity index (χ4n) is 3.11. The quantitative estimate of drug-likeness (QED) is 0.427. The first kappa shape index (κ1) is 19.3. The molecule has 1 aliphatic heterocycles. The lowest BCUT2D eigenvalue weighted by Crippen LogP contribution is -2.16. The summed E-state index contributed by atoms with van der Waals surface area (Å²) in [5, 5.41) is 20.8. The van der Waals surface area contributed by atoms with Crippen molar-refractivity contribution in [1.82, 2.24) is 19.7 Å². The summed E-state index contributed by atoms with van der Waals surface area (Å²) in [6.07, 6.45) is 3.37. The number of ether oxygens (including phenoxy) is 2. The van der Waals surface area contributed by atoms with E-state index in [0.29, 0.717) is 16.7 Å². The predicted molar refractivity (Wildman–Crippen MR) is 106 cm³/mol. The van der Waals surface area contributed by atoms with Gasteiger partial charge in [0.2, 0.25) is 0 Å². The molecule has 3 heterocycles. The molecule has 1 saturated heterocycles. The molecule has 0 amide bonds. The Morgan fingerprint density at radius 3 is 2.72 bits per heavy atom. The van der Waals surface area contributed by atoms with Crippen LogP contribution in [0.2, 0.25) is 0 Å². The molecule has 1 fully saturated rings. The minimum atomic E-state index is -0.469. The van der Waals surface area contributed by atoms with E-state index in [1.165, 1.54) is 24.0 Å².